The molecule has 44 valence electrons. The molecule has 0 aromatic rings. The van der Waals surface area contributed by atoms with Crippen LogP contribution in [-0.4, -0.2) is 16.8 Å². The van der Waals surface area contributed by atoms with Gasteiger partial charge < -0.3 is 4.74 Å². The van der Waals surface area contributed by atoms with Crippen molar-refractivity contribution >= 4 is 27.9 Å². The molecule has 4 heteroatoms. The number of ether oxygens (including phenoxy) is 1. The highest BCUT2D eigenvalue weighted by molar-refractivity contribution is 9.10. The second-order valence-electron chi connectivity index (χ2n) is 1.46. The molecule has 1 rings (SSSR count). The lowest BCUT2D eigenvalue weighted by molar-refractivity contribution is -0.151. The highest BCUT2D eigenvalue weighted by Gasteiger charge is 2.30. The van der Waals surface area contributed by atoms with E-state index in [1.54, 1.807) is 0 Å². The zero-order valence-corrected chi connectivity index (χ0v) is 5.47. The van der Waals surface area contributed by atoms with E-state index < -0.39 is 16.8 Å². The number of carbonyl (C=O) groups is 2. The van der Waals surface area contributed by atoms with Gasteiger partial charge in [-0.05, 0) is 0 Å². The molecule has 8 heavy (non-hydrogen) atoms. The summed E-state index contributed by atoms with van der Waals surface area (Å²) in [5, 5.41) is 0. The molecule has 0 spiro atoms. The van der Waals surface area contributed by atoms with Crippen molar-refractivity contribution in [1.29, 1.82) is 0 Å². The Hall–Kier alpha value is -0.380. The van der Waals surface area contributed by atoms with E-state index in [0.29, 0.717) is 0 Å². The van der Waals surface area contributed by atoms with Crippen molar-refractivity contribution in [3.63, 3.8) is 0 Å². The van der Waals surface area contributed by atoms with Crippen molar-refractivity contribution in [2.75, 3.05) is 0 Å². The summed E-state index contributed by atoms with van der Waals surface area (Å²) in [5.74, 6) is -0.924. The number of hydrogen-bond acceptors (Lipinski definition) is 3. The molecule has 1 aliphatic rings. The minimum absolute atomic E-state index is 0.166. The Bertz CT molecular complexity index is 142. The minimum Gasteiger partial charge on any atom is -0.392 e. The van der Waals surface area contributed by atoms with Gasteiger partial charge >= 0.3 is 11.9 Å². The van der Waals surface area contributed by atoms with Crippen LogP contribution in [0.2, 0.25) is 0 Å². The SMILES string of the molecule is O=C1C[C@@H](Br)C(=O)O1. The third kappa shape index (κ3) is 0.888. The summed E-state index contributed by atoms with van der Waals surface area (Å²) in [7, 11) is 0. The van der Waals surface area contributed by atoms with Gasteiger partial charge in [-0.3, -0.25) is 9.59 Å². The first-order valence-electron chi connectivity index (χ1n) is 2.09. The van der Waals surface area contributed by atoms with Gasteiger partial charge in [-0.25, -0.2) is 0 Å². The molecule has 3 nitrogen and oxygen atoms in total. The van der Waals surface area contributed by atoms with Gasteiger partial charge in [0.2, 0.25) is 0 Å². The molecule has 1 aliphatic heterocycles. The lowest BCUT2D eigenvalue weighted by Crippen LogP contribution is -2.04. The van der Waals surface area contributed by atoms with Gasteiger partial charge in [0.15, 0.2) is 0 Å². The summed E-state index contributed by atoms with van der Waals surface area (Å²) in [5.41, 5.74) is 0. The van der Waals surface area contributed by atoms with E-state index in [1.165, 1.54) is 0 Å². The van der Waals surface area contributed by atoms with E-state index in [1.807, 2.05) is 0 Å². The maximum absolute atomic E-state index is 10.3. The molecule has 1 heterocycles. The molecule has 0 radical (unpaired) electrons. The van der Waals surface area contributed by atoms with Crippen LogP contribution >= 0.6 is 15.9 Å². The molecular weight excluding hydrogens is 176 g/mol. The Kier molecular flexibility index (Phi) is 1.33. The Labute approximate surface area is 54.1 Å². The summed E-state index contributed by atoms with van der Waals surface area (Å²) < 4.78 is 4.15. The van der Waals surface area contributed by atoms with Crippen molar-refractivity contribution in [3.8, 4) is 0 Å². The Morgan fingerprint density at radius 1 is 1.62 bits per heavy atom. The molecule has 0 saturated carbocycles. The van der Waals surface area contributed by atoms with E-state index in [4.69, 9.17) is 0 Å². The van der Waals surface area contributed by atoms with Crippen molar-refractivity contribution in [2.24, 2.45) is 0 Å². The second-order valence-corrected chi connectivity index (χ2v) is 2.57. The zero-order valence-electron chi connectivity index (χ0n) is 3.89. The molecule has 0 unspecified atom stereocenters. The molecule has 0 amide bonds. The van der Waals surface area contributed by atoms with Gasteiger partial charge in [-0.2, -0.15) is 0 Å². The highest BCUT2D eigenvalue weighted by atomic mass is 79.9. The summed E-state index contributed by atoms with van der Waals surface area (Å²) in [4.78, 5) is 20.1. The zero-order chi connectivity index (χ0) is 6.15. The minimum atomic E-state index is -0.477. The Morgan fingerprint density at radius 3 is 2.38 bits per heavy atom. The van der Waals surface area contributed by atoms with E-state index in [-0.39, 0.29) is 6.42 Å². The molecule has 0 aromatic heterocycles. The molecule has 1 saturated heterocycles. The summed E-state index contributed by atoms with van der Waals surface area (Å²) in [6, 6.07) is 0. The van der Waals surface area contributed by atoms with E-state index in [9.17, 15) is 9.59 Å². The quantitative estimate of drug-likeness (QED) is 0.303. The average molecular weight is 179 g/mol. The third-order valence-electron chi connectivity index (χ3n) is 0.816. The van der Waals surface area contributed by atoms with Crippen LogP contribution in [0.5, 0.6) is 0 Å². The molecule has 0 N–H and O–H groups in total. The monoisotopic (exact) mass is 178 g/mol. The lowest BCUT2D eigenvalue weighted by atomic mass is 10.4. The normalized spacial score (nSPS) is 28.4. The first-order chi connectivity index (χ1) is 3.70. The van der Waals surface area contributed by atoms with Gasteiger partial charge in [0.05, 0.1) is 6.42 Å². The second kappa shape index (κ2) is 1.85. The molecular formula is C4H3BrO3. The van der Waals surface area contributed by atoms with Gasteiger partial charge in [0.25, 0.3) is 0 Å². The molecule has 1 atom stereocenters. The average Bonchev–Trinajstić information content (AvgIpc) is 1.85. The Morgan fingerprint density at radius 2 is 2.25 bits per heavy atom. The standard InChI is InChI=1S/C4H3BrO3/c5-2-1-3(6)8-4(2)7/h2H,1H2/t2-/m1/s1. The van der Waals surface area contributed by atoms with Crippen molar-refractivity contribution in [2.45, 2.75) is 11.2 Å². The van der Waals surface area contributed by atoms with Crippen LogP contribution in [0.15, 0.2) is 0 Å². The largest absolute Gasteiger partial charge is 0.392 e. The van der Waals surface area contributed by atoms with Crippen LogP contribution in [0.1, 0.15) is 6.42 Å². The van der Waals surface area contributed by atoms with Gasteiger partial charge in [-0.15, -0.1) is 0 Å². The number of carbonyl (C=O) groups excluding carboxylic acids is 2. The first kappa shape index (κ1) is 5.75. The van der Waals surface area contributed by atoms with Crippen LogP contribution in [0.4, 0.5) is 0 Å². The molecule has 0 bridgehead atoms. The first-order valence-corrected chi connectivity index (χ1v) is 3.00. The molecule has 0 aromatic carbocycles. The summed E-state index contributed by atoms with van der Waals surface area (Å²) in [6.07, 6.45) is 0.166. The van der Waals surface area contributed by atoms with Crippen LogP contribution < -0.4 is 0 Å². The Balaban J connectivity index is 2.64. The van der Waals surface area contributed by atoms with Gasteiger partial charge in [-0.1, -0.05) is 15.9 Å². The van der Waals surface area contributed by atoms with Crippen molar-refractivity contribution in [1.82, 2.24) is 0 Å². The predicted molar refractivity (Wildman–Crippen MR) is 28.4 cm³/mol. The van der Waals surface area contributed by atoms with Crippen LogP contribution in [0.25, 0.3) is 0 Å². The van der Waals surface area contributed by atoms with Gasteiger partial charge in [0.1, 0.15) is 4.83 Å². The van der Waals surface area contributed by atoms with Crippen LogP contribution in [0.3, 0.4) is 0 Å². The highest BCUT2D eigenvalue weighted by Crippen LogP contribution is 2.15. The summed E-state index contributed by atoms with van der Waals surface area (Å²) >= 11 is 2.95. The van der Waals surface area contributed by atoms with Crippen LogP contribution in [-0.2, 0) is 14.3 Å². The maximum atomic E-state index is 10.3. The number of esters is 2. The fourth-order valence-corrected chi connectivity index (χ4v) is 0.805. The van der Waals surface area contributed by atoms with Crippen LogP contribution in [0, 0.1) is 0 Å². The van der Waals surface area contributed by atoms with Gasteiger partial charge in [0, 0.05) is 0 Å². The maximum Gasteiger partial charge on any atom is 0.327 e. The van der Waals surface area contributed by atoms with E-state index in [0.717, 1.165) is 0 Å². The number of alkyl halides is 1. The fourth-order valence-electron chi connectivity index (χ4n) is 0.447. The topological polar surface area (TPSA) is 43.4 Å². The predicted octanol–water partition coefficient (Wildman–Crippen LogP) is 0.223. The third-order valence-corrected chi connectivity index (χ3v) is 1.51. The number of hydrogen-bond donors (Lipinski definition) is 0. The number of rotatable bonds is 0. The number of cyclic esters (lactones) is 2. The lowest BCUT2D eigenvalue weighted by Gasteiger charge is -1.84. The smallest absolute Gasteiger partial charge is 0.327 e. The van der Waals surface area contributed by atoms with E-state index in [2.05, 4.69) is 20.7 Å². The van der Waals surface area contributed by atoms with Crippen molar-refractivity contribution in [3.05, 3.63) is 0 Å². The summed E-state index contributed by atoms with van der Waals surface area (Å²) in [6.45, 7) is 0. The fraction of sp³-hybridized carbons (Fsp3) is 0.500. The number of halogens is 1. The molecule has 0 aliphatic carbocycles. The van der Waals surface area contributed by atoms with E-state index >= 15 is 0 Å². The van der Waals surface area contributed by atoms with Crippen molar-refractivity contribution < 1.29 is 14.3 Å². The molecule has 1 fully saturated rings.